The number of nitrogens with one attached hydrogen (secondary N) is 2. The molecule has 1 fully saturated rings. The molecular formula is C28H34N2O5. The van der Waals surface area contributed by atoms with Gasteiger partial charge in [0.25, 0.3) is 0 Å². The molecule has 35 heavy (non-hydrogen) atoms. The van der Waals surface area contributed by atoms with E-state index in [1.807, 2.05) is 66.7 Å². The van der Waals surface area contributed by atoms with Gasteiger partial charge in [-0.15, -0.1) is 6.58 Å². The number of urea groups is 1. The summed E-state index contributed by atoms with van der Waals surface area (Å²) in [7, 11) is 0. The summed E-state index contributed by atoms with van der Waals surface area (Å²) in [6.07, 6.45) is 4.79. The van der Waals surface area contributed by atoms with Crippen LogP contribution >= 0.6 is 0 Å². The summed E-state index contributed by atoms with van der Waals surface area (Å²) in [6.45, 7) is 5.45. The Balaban J connectivity index is 1.71. The Bertz CT molecular complexity index is 944. The van der Waals surface area contributed by atoms with Crippen molar-refractivity contribution in [3.8, 4) is 0 Å². The largest absolute Gasteiger partial charge is 0.377 e. The van der Waals surface area contributed by atoms with E-state index >= 15 is 0 Å². The Hall–Kier alpha value is -3.29. The van der Waals surface area contributed by atoms with Crippen molar-refractivity contribution in [1.29, 1.82) is 0 Å². The molecule has 7 nitrogen and oxygen atoms in total. The Morgan fingerprint density at radius 3 is 1.97 bits per heavy atom. The van der Waals surface area contributed by atoms with Gasteiger partial charge in [0.1, 0.15) is 5.92 Å². The second-order valence-electron chi connectivity index (χ2n) is 8.76. The number of ether oxygens (including phenoxy) is 2. The number of benzene rings is 2. The van der Waals surface area contributed by atoms with E-state index in [2.05, 4.69) is 17.2 Å². The summed E-state index contributed by atoms with van der Waals surface area (Å²) >= 11 is 0. The summed E-state index contributed by atoms with van der Waals surface area (Å²) < 4.78 is 11.9. The van der Waals surface area contributed by atoms with Crippen molar-refractivity contribution in [2.75, 3.05) is 13.2 Å². The van der Waals surface area contributed by atoms with Crippen LogP contribution in [0.25, 0.3) is 0 Å². The van der Waals surface area contributed by atoms with Gasteiger partial charge >= 0.3 is 6.03 Å². The van der Waals surface area contributed by atoms with Crippen molar-refractivity contribution in [2.24, 2.45) is 17.8 Å². The summed E-state index contributed by atoms with van der Waals surface area (Å²) in [4.78, 5) is 37.2. The zero-order chi connectivity index (χ0) is 24.9. The Morgan fingerprint density at radius 2 is 1.40 bits per heavy atom. The average molecular weight is 479 g/mol. The molecule has 0 radical (unpaired) electrons. The summed E-state index contributed by atoms with van der Waals surface area (Å²) in [5.41, 5.74) is 2.11. The van der Waals surface area contributed by atoms with Gasteiger partial charge in [-0.25, -0.2) is 4.79 Å². The molecule has 2 unspecified atom stereocenters. The predicted molar refractivity (Wildman–Crippen MR) is 133 cm³/mol. The zero-order valence-corrected chi connectivity index (χ0v) is 20.0. The molecule has 0 spiro atoms. The molecule has 0 aliphatic carbocycles. The number of carbonyl (C=O) groups is 3. The molecule has 4 amide bonds. The van der Waals surface area contributed by atoms with Gasteiger partial charge in [-0.1, -0.05) is 66.7 Å². The summed E-state index contributed by atoms with van der Waals surface area (Å²) in [5, 5.41) is 4.51. The van der Waals surface area contributed by atoms with Crippen molar-refractivity contribution < 1.29 is 23.9 Å². The van der Waals surface area contributed by atoms with E-state index in [0.717, 1.165) is 30.4 Å². The van der Waals surface area contributed by atoms with Gasteiger partial charge in [-0.2, -0.15) is 0 Å². The van der Waals surface area contributed by atoms with E-state index in [9.17, 15) is 14.4 Å². The smallest absolute Gasteiger partial charge is 0.328 e. The number of unbranched alkanes of at least 4 members (excludes halogenated alkanes) is 1. The van der Waals surface area contributed by atoms with Crippen LogP contribution in [0, 0.1) is 17.8 Å². The first-order valence-corrected chi connectivity index (χ1v) is 12.1. The maximum absolute atomic E-state index is 12.7. The highest BCUT2D eigenvalue weighted by molar-refractivity contribution is 6.16. The van der Waals surface area contributed by atoms with Crippen molar-refractivity contribution in [3.05, 3.63) is 84.4 Å². The highest BCUT2D eigenvalue weighted by Crippen LogP contribution is 2.31. The number of hydrogen-bond acceptors (Lipinski definition) is 5. The van der Waals surface area contributed by atoms with Crippen molar-refractivity contribution in [3.63, 3.8) is 0 Å². The normalized spacial score (nSPS) is 15.8. The standard InChI is InChI=1S/C28H34N2O5/c1-2-3-6-15-23(20-35-19-22-13-9-5-10-14-22)24(25-26(31)29-28(33)30-27(25)32)16-17-34-18-21-11-7-4-8-12-21/h2,4-5,7-14,23-25H,1,3,6,15-20H2,(H2,29,30,31,32,33). The van der Waals surface area contributed by atoms with Crippen LogP contribution in [0.2, 0.25) is 0 Å². The fraction of sp³-hybridized carbons (Fsp3) is 0.393. The van der Waals surface area contributed by atoms with E-state index in [0.29, 0.717) is 32.8 Å². The summed E-state index contributed by atoms with van der Waals surface area (Å²) in [6, 6.07) is 18.9. The van der Waals surface area contributed by atoms with Crippen LogP contribution < -0.4 is 10.6 Å². The lowest BCUT2D eigenvalue weighted by atomic mass is 9.76. The van der Waals surface area contributed by atoms with Crippen LogP contribution in [0.4, 0.5) is 4.79 Å². The Labute approximate surface area is 206 Å². The van der Waals surface area contributed by atoms with Crippen LogP contribution in [0.3, 0.4) is 0 Å². The second-order valence-corrected chi connectivity index (χ2v) is 8.76. The number of carbonyl (C=O) groups excluding carboxylic acids is 3. The molecule has 1 aliphatic rings. The van der Waals surface area contributed by atoms with E-state index < -0.39 is 23.8 Å². The topological polar surface area (TPSA) is 93.7 Å². The highest BCUT2D eigenvalue weighted by atomic mass is 16.5. The first-order valence-electron chi connectivity index (χ1n) is 12.1. The van der Waals surface area contributed by atoms with Crippen LogP contribution in [0.15, 0.2) is 73.3 Å². The van der Waals surface area contributed by atoms with Gasteiger partial charge in [0, 0.05) is 6.61 Å². The quantitative estimate of drug-likeness (QED) is 0.225. The molecule has 0 aromatic heterocycles. The molecule has 2 aromatic carbocycles. The number of allylic oxidation sites excluding steroid dienone is 1. The van der Waals surface area contributed by atoms with E-state index in [-0.39, 0.29) is 11.8 Å². The minimum absolute atomic E-state index is 0.0753. The molecule has 3 rings (SSSR count). The van der Waals surface area contributed by atoms with Gasteiger partial charge in [-0.3, -0.25) is 20.2 Å². The molecule has 1 saturated heterocycles. The predicted octanol–water partition coefficient (Wildman–Crippen LogP) is 4.38. The number of barbiturate groups is 1. The highest BCUT2D eigenvalue weighted by Gasteiger charge is 2.43. The van der Waals surface area contributed by atoms with Gasteiger partial charge in [0.05, 0.1) is 19.8 Å². The Kier molecular flexibility index (Phi) is 10.7. The number of amides is 4. The minimum Gasteiger partial charge on any atom is -0.377 e. The lowest BCUT2D eigenvalue weighted by Gasteiger charge is -2.34. The van der Waals surface area contributed by atoms with Crippen LogP contribution in [0.5, 0.6) is 0 Å². The molecule has 2 atom stereocenters. The molecule has 2 aromatic rings. The summed E-state index contributed by atoms with van der Waals surface area (Å²) in [5.74, 6) is -2.54. The first-order chi connectivity index (χ1) is 17.1. The van der Waals surface area contributed by atoms with E-state index in [1.54, 1.807) is 0 Å². The van der Waals surface area contributed by atoms with Crippen molar-refractivity contribution in [2.45, 2.75) is 38.9 Å². The van der Waals surface area contributed by atoms with Crippen LogP contribution in [-0.4, -0.2) is 31.1 Å². The van der Waals surface area contributed by atoms with E-state index in [4.69, 9.17) is 9.47 Å². The molecular weight excluding hydrogens is 444 g/mol. The fourth-order valence-corrected chi connectivity index (χ4v) is 4.42. The molecule has 186 valence electrons. The third kappa shape index (κ3) is 8.46. The number of rotatable bonds is 15. The van der Waals surface area contributed by atoms with Gasteiger partial charge in [0.15, 0.2) is 0 Å². The SMILES string of the molecule is C=CCCCC(COCc1ccccc1)C(CCOCc1ccccc1)C1C(=O)NC(=O)NC1=O. The second kappa shape index (κ2) is 14.2. The Morgan fingerprint density at radius 1 is 0.829 bits per heavy atom. The van der Waals surface area contributed by atoms with Crippen LogP contribution in [-0.2, 0) is 32.3 Å². The average Bonchev–Trinajstić information content (AvgIpc) is 2.85. The van der Waals surface area contributed by atoms with Crippen molar-refractivity contribution >= 4 is 17.8 Å². The zero-order valence-electron chi connectivity index (χ0n) is 20.0. The van der Waals surface area contributed by atoms with Gasteiger partial charge in [0.2, 0.25) is 11.8 Å². The van der Waals surface area contributed by atoms with Gasteiger partial charge < -0.3 is 9.47 Å². The molecule has 1 heterocycles. The van der Waals surface area contributed by atoms with E-state index in [1.165, 1.54) is 0 Å². The molecule has 7 heteroatoms. The van der Waals surface area contributed by atoms with Crippen LogP contribution in [0.1, 0.15) is 36.8 Å². The maximum atomic E-state index is 12.7. The molecule has 0 bridgehead atoms. The number of imide groups is 2. The van der Waals surface area contributed by atoms with Crippen molar-refractivity contribution in [1.82, 2.24) is 10.6 Å². The maximum Gasteiger partial charge on any atom is 0.328 e. The molecule has 0 saturated carbocycles. The lowest BCUT2D eigenvalue weighted by molar-refractivity contribution is -0.140. The molecule has 2 N–H and O–H groups in total. The molecule has 1 aliphatic heterocycles. The minimum atomic E-state index is -0.984. The third-order valence-corrected chi connectivity index (χ3v) is 6.21. The third-order valence-electron chi connectivity index (χ3n) is 6.21. The van der Waals surface area contributed by atoms with Gasteiger partial charge in [-0.05, 0) is 48.6 Å². The lowest BCUT2D eigenvalue weighted by Crippen LogP contribution is -2.58. The first kappa shape index (κ1) is 26.3. The number of hydrogen-bond donors (Lipinski definition) is 2. The fourth-order valence-electron chi connectivity index (χ4n) is 4.42. The monoisotopic (exact) mass is 478 g/mol.